The van der Waals surface area contributed by atoms with Crippen LogP contribution in [-0.2, 0) is 9.53 Å². The van der Waals surface area contributed by atoms with Crippen LogP contribution in [0.25, 0.3) is 0 Å². The smallest absolute Gasteiger partial charge is 0.323 e. The average molecular weight is 171 g/mol. The molecule has 0 aromatic rings. The first-order valence-corrected chi connectivity index (χ1v) is 4.48. The topological polar surface area (TPSA) is 29.5 Å². The molecule has 0 amide bonds. The third-order valence-electron chi connectivity index (χ3n) is 2.74. The number of carbonyl (C=O) groups is 1. The van der Waals surface area contributed by atoms with Crippen LogP contribution in [0.1, 0.15) is 19.8 Å². The zero-order valence-corrected chi connectivity index (χ0v) is 8.04. The van der Waals surface area contributed by atoms with Gasteiger partial charge in [-0.25, -0.2) is 0 Å². The molecule has 1 heterocycles. The van der Waals surface area contributed by atoms with Crippen molar-refractivity contribution in [1.29, 1.82) is 0 Å². The van der Waals surface area contributed by atoms with Gasteiger partial charge < -0.3 is 4.74 Å². The second-order valence-corrected chi connectivity index (χ2v) is 3.41. The number of esters is 1. The van der Waals surface area contributed by atoms with E-state index in [2.05, 4.69) is 11.8 Å². The number of nitrogens with zero attached hydrogens (tertiary/aromatic N) is 1. The van der Waals surface area contributed by atoms with E-state index in [-0.39, 0.29) is 12.0 Å². The Morgan fingerprint density at radius 3 is 2.83 bits per heavy atom. The number of likely N-dealkylation sites (tertiary alicyclic amines) is 1. The van der Waals surface area contributed by atoms with E-state index in [1.54, 1.807) is 0 Å². The van der Waals surface area contributed by atoms with Gasteiger partial charge in [0.2, 0.25) is 0 Å². The average Bonchev–Trinajstić information content (AvgIpc) is 2.45. The lowest BCUT2D eigenvalue weighted by molar-refractivity contribution is -0.146. The lowest BCUT2D eigenvalue weighted by Crippen LogP contribution is -2.37. The molecule has 0 unspecified atom stereocenters. The van der Waals surface area contributed by atoms with Crippen LogP contribution in [0.3, 0.4) is 0 Å². The van der Waals surface area contributed by atoms with Crippen molar-refractivity contribution < 1.29 is 9.53 Å². The van der Waals surface area contributed by atoms with Crippen LogP contribution < -0.4 is 0 Å². The lowest BCUT2D eigenvalue weighted by Gasteiger charge is -2.21. The lowest BCUT2D eigenvalue weighted by atomic mass is 9.98. The first kappa shape index (κ1) is 9.52. The molecule has 1 aliphatic rings. The van der Waals surface area contributed by atoms with Crippen LogP contribution in [0.5, 0.6) is 0 Å². The maximum atomic E-state index is 11.3. The van der Waals surface area contributed by atoms with Crippen LogP contribution in [0.4, 0.5) is 0 Å². The number of methoxy groups -OCH3 is 1. The maximum Gasteiger partial charge on any atom is 0.323 e. The zero-order valence-electron chi connectivity index (χ0n) is 8.04. The molecule has 0 saturated carbocycles. The maximum absolute atomic E-state index is 11.3. The summed E-state index contributed by atoms with van der Waals surface area (Å²) in [5.41, 5.74) is 0. The highest BCUT2D eigenvalue weighted by Gasteiger charge is 2.36. The van der Waals surface area contributed by atoms with Crippen LogP contribution in [-0.4, -0.2) is 37.6 Å². The molecule has 3 heteroatoms. The van der Waals surface area contributed by atoms with Crippen LogP contribution >= 0.6 is 0 Å². The molecule has 0 N–H and O–H groups in total. The molecule has 1 aliphatic heterocycles. The second kappa shape index (κ2) is 3.90. The highest BCUT2D eigenvalue weighted by atomic mass is 16.5. The SMILES string of the molecule is CC[C@@H]1CCN(C)[C@@H]1C(=O)OC. The van der Waals surface area contributed by atoms with Crippen molar-refractivity contribution in [2.24, 2.45) is 5.92 Å². The predicted molar refractivity (Wildman–Crippen MR) is 46.8 cm³/mol. The minimum absolute atomic E-state index is 0.000000000000000222. The summed E-state index contributed by atoms with van der Waals surface area (Å²) >= 11 is 0. The fraction of sp³-hybridized carbons (Fsp3) is 0.889. The number of ether oxygens (including phenoxy) is 1. The largest absolute Gasteiger partial charge is 0.468 e. The van der Waals surface area contributed by atoms with E-state index in [0.717, 1.165) is 19.4 Å². The first-order valence-electron chi connectivity index (χ1n) is 4.48. The van der Waals surface area contributed by atoms with Crippen LogP contribution in [0.2, 0.25) is 0 Å². The molecule has 0 aromatic heterocycles. The molecule has 0 aliphatic carbocycles. The summed E-state index contributed by atoms with van der Waals surface area (Å²) in [6, 6.07) is -0.000000000000000222. The Morgan fingerprint density at radius 1 is 1.67 bits per heavy atom. The number of likely N-dealkylation sites (N-methyl/N-ethyl adjacent to an activating group) is 1. The molecule has 0 bridgehead atoms. The molecular weight excluding hydrogens is 154 g/mol. The Bertz CT molecular complexity index is 170. The molecule has 0 spiro atoms. The molecule has 12 heavy (non-hydrogen) atoms. The van der Waals surface area contributed by atoms with E-state index < -0.39 is 0 Å². The molecule has 0 radical (unpaired) electrons. The Morgan fingerprint density at radius 2 is 2.33 bits per heavy atom. The molecular formula is C9H17NO2. The molecule has 1 saturated heterocycles. The van der Waals surface area contributed by atoms with Gasteiger partial charge in [0.25, 0.3) is 0 Å². The van der Waals surface area contributed by atoms with E-state index >= 15 is 0 Å². The van der Waals surface area contributed by atoms with Gasteiger partial charge in [-0.05, 0) is 25.9 Å². The monoisotopic (exact) mass is 171 g/mol. The van der Waals surface area contributed by atoms with E-state index in [1.165, 1.54) is 7.11 Å². The summed E-state index contributed by atoms with van der Waals surface area (Å²) in [6.45, 7) is 3.14. The van der Waals surface area contributed by atoms with Gasteiger partial charge in [0.15, 0.2) is 0 Å². The Hall–Kier alpha value is -0.570. The molecule has 2 atom stereocenters. The number of hydrogen-bond donors (Lipinski definition) is 0. The van der Waals surface area contributed by atoms with Gasteiger partial charge in [0.1, 0.15) is 6.04 Å². The van der Waals surface area contributed by atoms with Gasteiger partial charge in [-0.15, -0.1) is 0 Å². The van der Waals surface area contributed by atoms with Crippen molar-refractivity contribution in [1.82, 2.24) is 4.90 Å². The van der Waals surface area contributed by atoms with Gasteiger partial charge in [-0.2, -0.15) is 0 Å². The molecule has 1 rings (SSSR count). The Labute approximate surface area is 73.7 Å². The van der Waals surface area contributed by atoms with Gasteiger partial charge in [0, 0.05) is 0 Å². The van der Waals surface area contributed by atoms with Gasteiger partial charge >= 0.3 is 5.97 Å². The normalized spacial score (nSPS) is 30.6. The Balaban J connectivity index is 2.63. The van der Waals surface area contributed by atoms with Crippen molar-refractivity contribution in [3.8, 4) is 0 Å². The predicted octanol–water partition coefficient (Wildman–Crippen LogP) is 0.890. The Kier molecular flexibility index (Phi) is 3.09. The standard InChI is InChI=1S/C9H17NO2/c1-4-7-5-6-10(2)8(7)9(11)12-3/h7-8H,4-6H2,1-3H3/t7-,8+/m1/s1. The highest BCUT2D eigenvalue weighted by Crippen LogP contribution is 2.26. The van der Waals surface area contributed by atoms with Crippen molar-refractivity contribution >= 4 is 5.97 Å². The summed E-state index contributed by atoms with van der Waals surface area (Å²) in [6.07, 6.45) is 2.18. The summed E-state index contributed by atoms with van der Waals surface area (Å²) in [5, 5.41) is 0. The second-order valence-electron chi connectivity index (χ2n) is 3.41. The highest BCUT2D eigenvalue weighted by molar-refractivity contribution is 5.76. The molecule has 0 aromatic carbocycles. The summed E-state index contributed by atoms with van der Waals surface area (Å²) < 4.78 is 4.76. The number of carbonyl (C=O) groups excluding carboxylic acids is 1. The minimum Gasteiger partial charge on any atom is -0.468 e. The van der Waals surface area contributed by atoms with Crippen LogP contribution in [0.15, 0.2) is 0 Å². The zero-order chi connectivity index (χ0) is 9.14. The van der Waals surface area contributed by atoms with E-state index in [4.69, 9.17) is 4.74 Å². The van der Waals surface area contributed by atoms with Gasteiger partial charge in [-0.3, -0.25) is 9.69 Å². The molecule has 1 fully saturated rings. The summed E-state index contributed by atoms with van der Waals surface area (Å²) in [5.74, 6) is 0.407. The van der Waals surface area contributed by atoms with Crippen molar-refractivity contribution in [2.45, 2.75) is 25.8 Å². The number of hydrogen-bond acceptors (Lipinski definition) is 3. The minimum atomic E-state index is -0.0816. The van der Waals surface area contributed by atoms with Gasteiger partial charge in [-0.1, -0.05) is 13.3 Å². The third kappa shape index (κ3) is 1.61. The van der Waals surface area contributed by atoms with Crippen molar-refractivity contribution in [3.63, 3.8) is 0 Å². The molecule has 3 nitrogen and oxygen atoms in total. The molecule has 70 valence electrons. The van der Waals surface area contributed by atoms with Crippen molar-refractivity contribution in [3.05, 3.63) is 0 Å². The number of rotatable bonds is 2. The fourth-order valence-electron chi connectivity index (χ4n) is 1.95. The van der Waals surface area contributed by atoms with Crippen LogP contribution in [0, 0.1) is 5.92 Å². The quantitative estimate of drug-likeness (QED) is 0.578. The summed E-state index contributed by atoms with van der Waals surface area (Å²) in [7, 11) is 3.44. The summed E-state index contributed by atoms with van der Waals surface area (Å²) in [4.78, 5) is 13.4. The first-order chi connectivity index (χ1) is 5.70. The van der Waals surface area contributed by atoms with E-state index in [9.17, 15) is 4.79 Å². The van der Waals surface area contributed by atoms with Crippen molar-refractivity contribution in [2.75, 3.05) is 20.7 Å². The van der Waals surface area contributed by atoms with E-state index in [0.29, 0.717) is 5.92 Å². The van der Waals surface area contributed by atoms with E-state index in [1.807, 2.05) is 7.05 Å². The fourth-order valence-corrected chi connectivity index (χ4v) is 1.95. The van der Waals surface area contributed by atoms with Gasteiger partial charge in [0.05, 0.1) is 7.11 Å². The third-order valence-corrected chi connectivity index (χ3v) is 2.74.